The quantitative estimate of drug-likeness (QED) is 0.452. The van der Waals surface area contributed by atoms with Crippen molar-refractivity contribution in [3.05, 3.63) is 44.2 Å². The first-order valence-corrected chi connectivity index (χ1v) is 9.72. The van der Waals surface area contributed by atoms with Crippen molar-refractivity contribution in [3.8, 4) is 0 Å². The second kappa shape index (κ2) is 10.0. The van der Waals surface area contributed by atoms with Gasteiger partial charge in [-0.15, -0.1) is 0 Å². The standard InChI is InChI=1S/C19H27OS.2ClH.Ti/c1-6-13-20-19(21-16-9-7-8-10-16)12-11-15(2)14-17(19)18(3,4)5;;;/h7,9,11,14H,6,8,12-13H2,1-5H3;2*1H;/q;;;+2/p-2. The summed E-state index contributed by atoms with van der Waals surface area (Å²) < 4.78 is 7.96. The molecule has 1 nitrogen and oxygen atoms in total. The Labute approximate surface area is 176 Å². The SMILES string of the molecule is CCCOC1(SC2=[C]([Ti+2])CC=C2)CC=C(C)C=C1C(C)(C)C.[Cl-].[Cl-]. The third kappa shape index (κ3) is 5.79. The molecule has 1 atom stereocenters. The number of rotatable bonds is 5. The molecule has 0 N–H and O–H groups in total. The Kier molecular flexibility index (Phi) is 10.3. The number of thioether (sulfide) groups is 1. The number of halogens is 2. The summed E-state index contributed by atoms with van der Waals surface area (Å²) in [7, 11) is 0. The fourth-order valence-electron chi connectivity index (χ4n) is 2.88. The minimum absolute atomic E-state index is 0. The third-order valence-electron chi connectivity index (χ3n) is 3.99. The van der Waals surface area contributed by atoms with Crippen LogP contribution in [-0.2, 0) is 25.2 Å². The molecule has 1 unspecified atom stereocenters. The van der Waals surface area contributed by atoms with Crippen LogP contribution >= 0.6 is 11.8 Å². The van der Waals surface area contributed by atoms with Gasteiger partial charge in [-0.1, -0.05) is 0 Å². The molecule has 2 rings (SSSR count). The molecule has 0 heterocycles. The van der Waals surface area contributed by atoms with Crippen molar-refractivity contribution in [2.45, 2.75) is 58.8 Å². The van der Waals surface area contributed by atoms with Crippen LogP contribution in [0.4, 0.5) is 0 Å². The maximum absolute atomic E-state index is 6.50. The molecule has 0 amide bonds. The molecule has 0 fully saturated rings. The van der Waals surface area contributed by atoms with Gasteiger partial charge in [-0.3, -0.25) is 0 Å². The Balaban J connectivity index is 0.00000264. The van der Waals surface area contributed by atoms with Crippen LogP contribution in [0.5, 0.6) is 0 Å². The molecule has 0 bridgehead atoms. The first-order chi connectivity index (χ1) is 10.3. The summed E-state index contributed by atoms with van der Waals surface area (Å²) in [5.41, 5.74) is 2.88. The van der Waals surface area contributed by atoms with Gasteiger partial charge >= 0.3 is 152 Å². The first-order valence-electron chi connectivity index (χ1n) is 8.12. The fourth-order valence-corrected chi connectivity index (χ4v) is 4.94. The van der Waals surface area contributed by atoms with Gasteiger partial charge < -0.3 is 24.8 Å². The summed E-state index contributed by atoms with van der Waals surface area (Å²) in [6, 6.07) is 0. The van der Waals surface area contributed by atoms with Crippen LogP contribution in [0.25, 0.3) is 0 Å². The number of hydrogen-bond donors (Lipinski definition) is 0. The maximum Gasteiger partial charge on any atom is -1.00 e. The van der Waals surface area contributed by atoms with E-state index in [0.717, 1.165) is 25.9 Å². The minimum Gasteiger partial charge on any atom is -1.00 e. The molecule has 0 radical (unpaired) electrons. The molecule has 0 saturated heterocycles. The second-order valence-electron chi connectivity index (χ2n) is 7.11. The second-order valence-corrected chi connectivity index (χ2v) is 9.36. The Hall–Kier alpha value is 0.564. The van der Waals surface area contributed by atoms with Gasteiger partial charge in [0, 0.05) is 0 Å². The van der Waals surface area contributed by atoms with Gasteiger partial charge in [0.05, 0.1) is 0 Å². The molecule has 0 aromatic carbocycles. The van der Waals surface area contributed by atoms with E-state index in [1.165, 1.54) is 19.9 Å². The molecule has 0 aromatic heterocycles. The van der Waals surface area contributed by atoms with Crippen LogP contribution in [0.2, 0.25) is 0 Å². The predicted molar refractivity (Wildman–Crippen MR) is 93.3 cm³/mol. The molecule has 0 saturated carbocycles. The van der Waals surface area contributed by atoms with Crippen LogP contribution in [0.15, 0.2) is 44.2 Å². The molecule has 0 aliphatic heterocycles. The zero-order valence-electron chi connectivity index (χ0n) is 15.2. The monoisotopic (exact) mass is 421 g/mol. The minimum atomic E-state index is -0.251. The van der Waals surface area contributed by atoms with Gasteiger partial charge in [0.1, 0.15) is 0 Å². The molecule has 0 aromatic rings. The van der Waals surface area contributed by atoms with E-state index in [0.29, 0.717) is 0 Å². The largest absolute Gasteiger partial charge is 1.00 e. The summed E-state index contributed by atoms with van der Waals surface area (Å²) >= 11 is 4.15. The van der Waals surface area contributed by atoms with E-state index in [1.807, 2.05) is 11.8 Å². The molecule has 133 valence electrons. The summed E-state index contributed by atoms with van der Waals surface area (Å²) in [5, 5.41) is 0. The molecule has 2 aliphatic rings. The van der Waals surface area contributed by atoms with Gasteiger partial charge in [0.25, 0.3) is 0 Å². The zero-order valence-corrected chi connectivity index (χ0v) is 19.1. The van der Waals surface area contributed by atoms with Crippen molar-refractivity contribution in [2.24, 2.45) is 5.41 Å². The number of allylic oxidation sites excluding steroid dienone is 5. The van der Waals surface area contributed by atoms with Crippen molar-refractivity contribution >= 4 is 11.8 Å². The molecule has 0 spiro atoms. The van der Waals surface area contributed by atoms with Crippen LogP contribution in [0, 0.1) is 5.41 Å². The first kappa shape index (κ1) is 24.6. The zero-order chi connectivity index (χ0) is 16.4. The van der Waals surface area contributed by atoms with Crippen LogP contribution in [0.3, 0.4) is 0 Å². The molecule has 2 aliphatic carbocycles. The van der Waals surface area contributed by atoms with Gasteiger partial charge in [0.2, 0.25) is 0 Å². The predicted octanol–water partition coefficient (Wildman–Crippen LogP) is -0.109. The fraction of sp³-hybridized carbons (Fsp3) is 0.579. The smallest absolute Gasteiger partial charge is 1.00 e. The van der Waals surface area contributed by atoms with Gasteiger partial charge in [-0.05, 0) is 0 Å². The van der Waals surface area contributed by atoms with Crippen LogP contribution in [0.1, 0.15) is 53.9 Å². The van der Waals surface area contributed by atoms with Crippen molar-refractivity contribution in [3.63, 3.8) is 0 Å². The maximum atomic E-state index is 6.50. The van der Waals surface area contributed by atoms with Gasteiger partial charge in [-0.25, -0.2) is 0 Å². The topological polar surface area (TPSA) is 9.23 Å². The Morgan fingerprint density at radius 1 is 1.29 bits per heavy atom. The van der Waals surface area contributed by atoms with Crippen LogP contribution in [-0.4, -0.2) is 11.5 Å². The van der Waals surface area contributed by atoms with Crippen molar-refractivity contribution in [1.82, 2.24) is 0 Å². The molecular weight excluding hydrogens is 395 g/mol. The Morgan fingerprint density at radius 3 is 2.46 bits per heavy atom. The number of hydrogen-bond acceptors (Lipinski definition) is 2. The summed E-state index contributed by atoms with van der Waals surface area (Å²) in [6.45, 7) is 12.1. The van der Waals surface area contributed by atoms with Gasteiger partial charge in [0.15, 0.2) is 0 Å². The summed E-state index contributed by atoms with van der Waals surface area (Å²) in [6.07, 6.45) is 12.3. The van der Waals surface area contributed by atoms with E-state index in [2.05, 4.69) is 79.4 Å². The van der Waals surface area contributed by atoms with E-state index >= 15 is 0 Å². The third-order valence-corrected chi connectivity index (χ3v) is 6.44. The van der Waals surface area contributed by atoms with Crippen molar-refractivity contribution < 1.29 is 50.0 Å². The molecule has 5 heteroatoms. The molecular formula is C19H27Cl2OSTi. The van der Waals surface area contributed by atoms with Crippen LogP contribution < -0.4 is 24.8 Å². The van der Waals surface area contributed by atoms with E-state index < -0.39 is 0 Å². The Bertz CT molecular complexity index is 558. The van der Waals surface area contributed by atoms with E-state index in [-0.39, 0.29) is 35.2 Å². The van der Waals surface area contributed by atoms with E-state index in [1.54, 1.807) is 0 Å². The average Bonchev–Trinajstić information content (AvgIpc) is 2.83. The Morgan fingerprint density at radius 2 is 1.96 bits per heavy atom. The number of ether oxygens (including phenoxy) is 1. The summed E-state index contributed by atoms with van der Waals surface area (Å²) in [5.74, 6) is 0. The molecule has 24 heavy (non-hydrogen) atoms. The van der Waals surface area contributed by atoms with Crippen molar-refractivity contribution in [2.75, 3.05) is 6.61 Å². The van der Waals surface area contributed by atoms with E-state index in [4.69, 9.17) is 4.74 Å². The average molecular weight is 422 g/mol. The summed E-state index contributed by atoms with van der Waals surface area (Å²) in [4.78, 5) is 1.14. The normalized spacial score (nSPS) is 23.5. The van der Waals surface area contributed by atoms with Gasteiger partial charge in [-0.2, -0.15) is 0 Å². The van der Waals surface area contributed by atoms with Crippen molar-refractivity contribution in [1.29, 1.82) is 0 Å². The van der Waals surface area contributed by atoms with E-state index in [9.17, 15) is 0 Å².